The first-order valence-corrected chi connectivity index (χ1v) is 14.5. The predicted molar refractivity (Wildman–Crippen MR) is 163 cm³/mol. The number of halogens is 1. The number of nitrogens with zero attached hydrogens (tertiary/aromatic N) is 4. The van der Waals surface area contributed by atoms with Crippen molar-refractivity contribution in [2.24, 2.45) is 0 Å². The number of hydrogen-bond donors (Lipinski definition) is 1. The van der Waals surface area contributed by atoms with Crippen molar-refractivity contribution in [1.82, 2.24) is 20.2 Å². The number of ether oxygens (including phenoxy) is 1. The summed E-state index contributed by atoms with van der Waals surface area (Å²) in [4.78, 5) is 54.7. The summed E-state index contributed by atoms with van der Waals surface area (Å²) in [6, 6.07) is 9.60. The van der Waals surface area contributed by atoms with Crippen molar-refractivity contribution in [3.63, 3.8) is 0 Å². The number of fused-ring (bicyclic) bond motifs is 1. The highest BCUT2D eigenvalue weighted by Gasteiger charge is 2.28. The van der Waals surface area contributed by atoms with Gasteiger partial charge >= 0.3 is 6.09 Å². The van der Waals surface area contributed by atoms with E-state index < -0.39 is 11.7 Å². The van der Waals surface area contributed by atoms with Crippen molar-refractivity contribution in [3.8, 4) is 0 Å². The fraction of sp³-hybridized carbons (Fsp3) is 0.500. The summed E-state index contributed by atoms with van der Waals surface area (Å²) in [6.07, 6.45) is -0.484. The number of carbonyl (C=O) groups is 4. The van der Waals surface area contributed by atoms with Gasteiger partial charge in [0.1, 0.15) is 11.4 Å². The minimum absolute atomic E-state index is 0.0974. The van der Waals surface area contributed by atoms with Crippen LogP contribution in [0, 0.1) is 12.7 Å². The average Bonchev–Trinajstić information content (AvgIpc) is 3.32. The molecule has 0 radical (unpaired) electrons. The van der Waals surface area contributed by atoms with E-state index in [9.17, 15) is 23.6 Å². The van der Waals surface area contributed by atoms with E-state index >= 15 is 0 Å². The molecule has 0 fully saturated rings. The molecule has 1 aliphatic rings. The van der Waals surface area contributed by atoms with E-state index in [-0.39, 0.29) is 55.6 Å². The summed E-state index contributed by atoms with van der Waals surface area (Å²) >= 11 is 0. The molecule has 3 amide bonds. The Bertz CT molecular complexity index is 1360. The zero-order valence-corrected chi connectivity index (χ0v) is 26.5. The zero-order chi connectivity index (χ0) is 32.1. The molecule has 2 aromatic carbocycles. The van der Waals surface area contributed by atoms with Crippen LogP contribution in [0.3, 0.4) is 0 Å². The van der Waals surface area contributed by atoms with E-state index in [4.69, 9.17) is 4.74 Å². The molecule has 43 heavy (non-hydrogen) atoms. The molecule has 0 saturated carbocycles. The van der Waals surface area contributed by atoms with Crippen LogP contribution in [-0.2, 0) is 27.4 Å². The van der Waals surface area contributed by atoms with Gasteiger partial charge in [0.15, 0.2) is 5.78 Å². The van der Waals surface area contributed by atoms with Gasteiger partial charge in [-0.3, -0.25) is 24.7 Å². The number of amides is 3. The van der Waals surface area contributed by atoms with Crippen LogP contribution >= 0.6 is 0 Å². The van der Waals surface area contributed by atoms with Gasteiger partial charge in [-0.15, -0.1) is 0 Å². The monoisotopic (exact) mass is 597 g/mol. The first-order chi connectivity index (χ1) is 20.1. The fourth-order valence-corrected chi connectivity index (χ4v) is 4.79. The number of anilines is 1. The van der Waals surface area contributed by atoms with Gasteiger partial charge in [0, 0.05) is 50.5 Å². The molecular formula is C32H44FN5O5. The van der Waals surface area contributed by atoms with Gasteiger partial charge in [0.25, 0.3) is 5.91 Å². The van der Waals surface area contributed by atoms with Gasteiger partial charge in [0.05, 0.1) is 13.1 Å². The van der Waals surface area contributed by atoms with Gasteiger partial charge < -0.3 is 14.5 Å². The van der Waals surface area contributed by atoms with Crippen LogP contribution in [0.2, 0.25) is 0 Å². The average molecular weight is 598 g/mol. The third-order valence-corrected chi connectivity index (χ3v) is 7.24. The number of aryl methyl sites for hydroxylation is 1. The highest BCUT2D eigenvalue weighted by atomic mass is 19.1. The number of hydrogen-bond acceptors (Lipinski definition) is 7. The summed E-state index contributed by atoms with van der Waals surface area (Å²) in [5.74, 6) is -1.02. The largest absolute Gasteiger partial charge is 0.444 e. The highest BCUT2D eigenvalue weighted by Crippen LogP contribution is 2.25. The summed E-state index contributed by atoms with van der Waals surface area (Å²) in [5, 5.41) is 6.25. The van der Waals surface area contributed by atoms with Crippen LogP contribution in [-0.4, -0.2) is 83.5 Å². The Morgan fingerprint density at radius 3 is 2.26 bits per heavy atom. The van der Waals surface area contributed by atoms with E-state index in [1.54, 1.807) is 57.0 Å². The second-order valence-corrected chi connectivity index (χ2v) is 12.1. The van der Waals surface area contributed by atoms with Gasteiger partial charge in [-0.1, -0.05) is 18.2 Å². The molecular weight excluding hydrogens is 553 g/mol. The smallest absolute Gasteiger partial charge is 0.410 e. The Balaban J connectivity index is 1.70. The molecule has 1 N–H and O–H groups in total. The SMILES string of the molecule is CC(=O)c1ccc(C)c(N(CCN(C(=O)OC(C)(C)C)C(C)C)C(=O)CNCC(=O)N(C)N2Cc3ccc(F)cc3C2)c1. The number of ketones is 1. The topological polar surface area (TPSA) is 102 Å². The number of rotatable bonds is 11. The lowest BCUT2D eigenvalue weighted by molar-refractivity contribution is -0.145. The molecule has 11 heteroatoms. The number of hydrazine groups is 1. The van der Waals surface area contributed by atoms with Crippen LogP contribution < -0.4 is 10.2 Å². The third-order valence-electron chi connectivity index (χ3n) is 7.24. The second-order valence-electron chi connectivity index (χ2n) is 12.1. The van der Waals surface area contributed by atoms with Gasteiger partial charge in [-0.25, -0.2) is 14.2 Å². The lowest BCUT2D eigenvalue weighted by Crippen LogP contribution is -2.49. The van der Waals surface area contributed by atoms with Gasteiger partial charge in [-0.05, 0) is 83.4 Å². The Morgan fingerprint density at radius 1 is 0.977 bits per heavy atom. The Labute approximate surface area is 253 Å². The first-order valence-electron chi connectivity index (χ1n) is 14.5. The molecule has 2 aromatic rings. The molecule has 1 aliphatic heterocycles. The number of nitrogens with one attached hydrogen (secondary N) is 1. The van der Waals surface area contributed by atoms with Crippen LogP contribution in [0.15, 0.2) is 36.4 Å². The minimum Gasteiger partial charge on any atom is -0.444 e. The molecule has 0 saturated heterocycles. The van der Waals surface area contributed by atoms with Crippen LogP contribution in [0.5, 0.6) is 0 Å². The number of benzene rings is 2. The molecule has 0 bridgehead atoms. The van der Waals surface area contributed by atoms with Crippen molar-refractivity contribution in [1.29, 1.82) is 0 Å². The van der Waals surface area contributed by atoms with Crippen LogP contribution in [0.25, 0.3) is 0 Å². The maximum Gasteiger partial charge on any atom is 0.410 e. The molecule has 0 atom stereocenters. The first kappa shape index (κ1) is 33.7. The number of likely N-dealkylation sites (N-methyl/N-ethyl adjacent to an activating group) is 1. The molecule has 234 valence electrons. The summed E-state index contributed by atoms with van der Waals surface area (Å²) in [7, 11) is 1.65. The molecule has 0 unspecified atom stereocenters. The molecule has 1 heterocycles. The van der Waals surface area contributed by atoms with E-state index in [1.165, 1.54) is 29.0 Å². The second kappa shape index (κ2) is 14.1. The van der Waals surface area contributed by atoms with Crippen molar-refractivity contribution in [2.75, 3.05) is 38.1 Å². The molecule has 0 aliphatic carbocycles. The maximum absolute atomic E-state index is 13.6. The predicted octanol–water partition coefficient (Wildman–Crippen LogP) is 4.29. The van der Waals surface area contributed by atoms with Crippen molar-refractivity contribution in [3.05, 3.63) is 64.5 Å². The van der Waals surface area contributed by atoms with Crippen molar-refractivity contribution < 1.29 is 28.3 Å². The lowest BCUT2D eigenvalue weighted by Gasteiger charge is -2.33. The van der Waals surface area contributed by atoms with E-state index in [0.717, 1.165) is 16.7 Å². The number of carbonyl (C=O) groups excluding carboxylic acids is 4. The van der Waals surface area contributed by atoms with Gasteiger partial charge in [0.2, 0.25) is 5.91 Å². The molecule has 10 nitrogen and oxygen atoms in total. The van der Waals surface area contributed by atoms with Crippen molar-refractivity contribution >= 4 is 29.4 Å². The Morgan fingerprint density at radius 2 is 1.63 bits per heavy atom. The van der Waals surface area contributed by atoms with E-state index in [2.05, 4.69) is 5.32 Å². The van der Waals surface area contributed by atoms with Gasteiger partial charge in [-0.2, -0.15) is 0 Å². The van der Waals surface area contributed by atoms with E-state index in [1.807, 2.05) is 25.8 Å². The highest BCUT2D eigenvalue weighted by molar-refractivity contribution is 5.99. The summed E-state index contributed by atoms with van der Waals surface area (Å²) in [6.45, 7) is 13.4. The molecule has 3 rings (SSSR count). The summed E-state index contributed by atoms with van der Waals surface area (Å²) < 4.78 is 19.2. The standard InChI is InChI=1S/C32H44FN5O5/c1-21(2)37(31(42)43-32(5,6)7)13-14-38(28-16-24(23(4)39)10-9-22(28)3)30(41)18-34-17-29(40)35(8)36-19-25-11-12-27(33)15-26(25)20-36/h9-12,15-16,21,34H,13-14,17-20H2,1-8H3. The minimum atomic E-state index is -0.677. The molecule has 0 spiro atoms. The summed E-state index contributed by atoms with van der Waals surface area (Å²) in [5.41, 5.74) is 2.92. The Kier molecular flexibility index (Phi) is 11.0. The lowest BCUT2D eigenvalue weighted by atomic mass is 10.1. The maximum atomic E-state index is 13.6. The van der Waals surface area contributed by atoms with Crippen molar-refractivity contribution in [2.45, 2.75) is 73.2 Å². The van der Waals surface area contributed by atoms with E-state index in [0.29, 0.717) is 24.3 Å². The quantitative estimate of drug-likeness (QED) is 0.386. The third kappa shape index (κ3) is 9.08. The van der Waals surface area contributed by atoms with Crippen LogP contribution in [0.4, 0.5) is 14.9 Å². The Hall–Kier alpha value is -3.83. The normalized spacial score (nSPS) is 13.1. The fourth-order valence-electron chi connectivity index (χ4n) is 4.79. The number of Topliss-reactive ketones (excluding diaryl/α,β-unsaturated/α-hetero) is 1. The van der Waals surface area contributed by atoms with Crippen LogP contribution in [0.1, 0.15) is 68.6 Å². The zero-order valence-electron chi connectivity index (χ0n) is 26.5. The molecule has 0 aromatic heterocycles.